The molecule has 0 unspecified atom stereocenters. The van der Waals surface area contributed by atoms with E-state index < -0.39 is 17.1 Å². The number of rotatable bonds is 5. The number of amides is 3. The van der Waals surface area contributed by atoms with E-state index in [2.05, 4.69) is 10.6 Å². The minimum atomic E-state index is -0.583. The predicted octanol–water partition coefficient (Wildman–Crippen LogP) is 2.84. The van der Waals surface area contributed by atoms with Crippen molar-refractivity contribution in [2.45, 2.75) is 23.5 Å². The van der Waals surface area contributed by atoms with Crippen molar-refractivity contribution in [3.05, 3.63) is 54.1 Å². The summed E-state index contributed by atoms with van der Waals surface area (Å²) in [6, 6.07) is 14.1. The van der Waals surface area contributed by atoms with Crippen molar-refractivity contribution < 1.29 is 19.1 Å². The lowest BCUT2D eigenvalue weighted by Gasteiger charge is -2.23. The first-order chi connectivity index (χ1) is 12.6. The van der Waals surface area contributed by atoms with Gasteiger partial charge in [-0.2, -0.15) is 0 Å². The van der Waals surface area contributed by atoms with Crippen LogP contribution in [0.2, 0.25) is 0 Å². The van der Waals surface area contributed by atoms with Crippen LogP contribution in [0.25, 0.3) is 0 Å². The van der Waals surface area contributed by atoms with Crippen LogP contribution in [0, 0.1) is 0 Å². The van der Waals surface area contributed by atoms with E-state index in [1.807, 2.05) is 31.2 Å². The Labute approximate surface area is 155 Å². The quantitative estimate of drug-likeness (QED) is 0.845. The Hall–Kier alpha value is -2.80. The third-order valence-electron chi connectivity index (χ3n) is 3.76. The second kappa shape index (κ2) is 8.05. The molecule has 0 saturated heterocycles. The highest BCUT2D eigenvalue weighted by Gasteiger charge is 2.29. The molecule has 134 valence electrons. The molecule has 1 aliphatic rings. The summed E-state index contributed by atoms with van der Waals surface area (Å²) >= 11 is 1.32. The van der Waals surface area contributed by atoms with Gasteiger partial charge in [-0.3, -0.25) is 19.7 Å². The van der Waals surface area contributed by atoms with Crippen molar-refractivity contribution in [1.82, 2.24) is 5.32 Å². The van der Waals surface area contributed by atoms with Gasteiger partial charge in [0.25, 0.3) is 5.91 Å². The predicted molar refractivity (Wildman–Crippen MR) is 99.4 cm³/mol. The van der Waals surface area contributed by atoms with E-state index >= 15 is 0 Å². The van der Waals surface area contributed by atoms with Crippen LogP contribution < -0.4 is 15.4 Å². The standard InChI is InChI=1S/C19H18N2O4S/c1-2-25-14-9-5-3-7-12(14)18(23)21-17(22)11-16-19(24)20-13-8-4-6-10-15(13)26-16/h3-10,16H,2,11H2,1H3,(H,20,24)(H,21,22,23)/t16-/m0/s1. The molecule has 0 fully saturated rings. The van der Waals surface area contributed by atoms with Gasteiger partial charge in [-0.15, -0.1) is 11.8 Å². The molecule has 1 atom stereocenters. The van der Waals surface area contributed by atoms with E-state index in [1.54, 1.807) is 24.3 Å². The molecule has 1 heterocycles. The smallest absolute Gasteiger partial charge is 0.261 e. The first-order valence-corrected chi connectivity index (χ1v) is 9.09. The number of carbonyl (C=O) groups excluding carboxylic acids is 3. The Kier molecular flexibility index (Phi) is 5.58. The first kappa shape index (κ1) is 18.0. The number of hydrogen-bond acceptors (Lipinski definition) is 5. The van der Waals surface area contributed by atoms with Gasteiger partial charge in [-0.05, 0) is 31.2 Å². The average molecular weight is 370 g/mol. The lowest BCUT2D eigenvalue weighted by molar-refractivity contribution is -0.123. The minimum absolute atomic E-state index is 0.0899. The molecule has 0 aromatic heterocycles. The van der Waals surface area contributed by atoms with E-state index in [9.17, 15) is 14.4 Å². The van der Waals surface area contributed by atoms with Gasteiger partial charge in [-0.25, -0.2) is 0 Å². The monoisotopic (exact) mass is 370 g/mol. The largest absolute Gasteiger partial charge is 0.493 e. The third kappa shape index (κ3) is 4.05. The summed E-state index contributed by atoms with van der Waals surface area (Å²) in [6.07, 6.45) is -0.0899. The third-order valence-corrected chi connectivity index (χ3v) is 5.04. The zero-order valence-corrected chi connectivity index (χ0v) is 15.0. The van der Waals surface area contributed by atoms with Crippen LogP contribution in [0.3, 0.4) is 0 Å². The Morgan fingerprint density at radius 2 is 1.88 bits per heavy atom. The highest BCUT2D eigenvalue weighted by atomic mass is 32.2. The van der Waals surface area contributed by atoms with Crippen LogP contribution in [0.1, 0.15) is 23.7 Å². The fourth-order valence-corrected chi connectivity index (χ4v) is 3.69. The van der Waals surface area contributed by atoms with Gasteiger partial charge in [0.2, 0.25) is 11.8 Å². The van der Waals surface area contributed by atoms with Gasteiger partial charge in [0, 0.05) is 11.3 Å². The zero-order valence-electron chi connectivity index (χ0n) is 14.2. The Bertz CT molecular complexity index is 853. The summed E-state index contributed by atoms with van der Waals surface area (Å²) < 4.78 is 5.41. The molecule has 3 rings (SSSR count). The number of ether oxygens (including phenoxy) is 1. The van der Waals surface area contributed by atoms with Crippen molar-refractivity contribution in [2.75, 3.05) is 11.9 Å². The van der Waals surface area contributed by atoms with Crippen molar-refractivity contribution in [3.63, 3.8) is 0 Å². The zero-order chi connectivity index (χ0) is 18.5. The summed E-state index contributed by atoms with van der Waals surface area (Å²) in [4.78, 5) is 37.7. The summed E-state index contributed by atoms with van der Waals surface area (Å²) in [7, 11) is 0. The number of para-hydroxylation sites is 2. The summed E-state index contributed by atoms with van der Waals surface area (Å²) in [5, 5.41) is 4.53. The summed E-state index contributed by atoms with van der Waals surface area (Å²) in [5.74, 6) is -0.876. The first-order valence-electron chi connectivity index (χ1n) is 8.21. The van der Waals surface area contributed by atoms with Gasteiger partial charge >= 0.3 is 0 Å². The van der Waals surface area contributed by atoms with Crippen molar-refractivity contribution in [3.8, 4) is 5.75 Å². The minimum Gasteiger partial charge on any atom is -0.493 e. The van der Waals surface area contributed by atoms with E-state index in [4.69, 9.17) is 4.74 Å². The fraction of sp³-hybridized carbons (Fsp3) is 0.211. The maximum absolute atomic E-state index is 12.4. The second-order valence-electron chi connectivity index (χ2n) is 5.60. The van der Waals surface area contributed by atoms with Crippen LogP contribution in [-0.2, 0) is 9.59 Å². The summed E-state index contributed by atoms with van der Waals surface area (Å²) in [6.45, 7) is 2.23. The van der Waals surface area contributed by atoms with Gasteiger partial charge in [-0.1, -0.05) is 24.3 Å². The average Bonchev–Trinajstić information content (AvgIpc) is 2.63. The molecule has 6 nitrogen and oxygen atoms in total. The number of benzene rings is 2. The highest BCUT2D eigenvalue weighted by Crippen LogP contribution is 2.36. The molecular formula is C19H18N2O4S. The molecule has 7 heteroatoms. The molecule has 3 amide bonds. The lowest BCUT2D eigenvalue weighted by Crippen LogP contribution is -2.37. The Balaban J connectivity index is 1.64. The number of anilines is 1. The molecule has 0 aliphatic carbocycles. The Morgan fingerprint density at radius 1 is 1.15 bits per heavy atom. The summed E-state index contributed by atoms with van der Waals surface area (Å²) in [5.41, 5.74) is 1.02. The Morgan fingerprint density at radius 3 is 2.69 bits per heavy atom. The molecule has 0 bridgehead atoms. The number of thioether (sulfide) groups is 1. The van der Waals surface area contributed by atoms with E-state index in [0.717, 1.165) is 10.6 Å². The molecular weight excluding hydrogens is 352 g/mol. The van der Waals surface area contributed by atoms with Crippen LogP contribution in [-0.4, -0.2) is 29.6 Å². The molecule has 0 radical (unpaired) electrons. The number of imide groups is 1. The van der Waals surface area contributed by atoms with Crippen LogP contribution in [0.5, 0.6) is 5.75 Å². The maximum Gasteiger partial charge on any atom is 0.261 e. The van der Waals surface area contributed by atoms with Gasteiger partial charge in [0.15, 0.2) is 0 Å². The SMILES string of the molecule is CCOc1ccccc1C(=O)NC(=O)C[C@@H]1Sc2ccccc2NC1=O. The van der Waals surface area contributed by atoms with E-state index in [0.29, 0.717) is 12.4 Å². The lowest BCUT2D eigenvalue weighted by atomic mass is 10.1. The molecule has 0 spiro atoms. The van der Waals surface area contributed by atoms with Crippen molar-refractivity contribution >= 4 is 35.2 Å². The number of fused-ring (bicyclic) bond motifs is 1. The normalized spacial score (nSPS) is 15.6. The molecule has 2 aromatic carbocycles. The van der Waals surface area contributed by atoms with Gasteiger partial charge < -0.3 is 10.1 Å². The number of hydrogen-bond donors (Lipinski definition) is 2. The van der Waals surface area contributed by atoms with Crippen LogP contribution >= 0.6 is 11.8 Å². The number of nitrogens with one attached hydrogen (secondary N) is 2. The molecule has 0 saturated carbocycles. The van der Waals surface area contributed by atoms with Gasteiger partial charge in [0.05, 0.1) is 23.1 Å². The molecule has 26 heavy (non-hydrogen) atoms. The van der Waals surface area contributed by atoms with Crippen molar-refractivity contribution in [2.24, 2.45) is 0 Å². The van der Waals surface area contributed by atoms with E-state index in [1.165, 1.54) is 11.8 Å². The molecule has 1 aliphatic heterocycles. The van der Waals surface area contributed by atoms with Crippen molar-refractivity contribution in [1.29, 1.82) is 0 Å². The van der Waals surface area contributed by atoms with Crippen LogP contribution in [0.4, 0.5) is 5.69 Å². The highest BCUT2D eigenvalue weighted by molar-refractivity contribution is 8.01. The molecule has 2 N–H and O–H groups in total. The molecule has 2 aromatic rings. The number of carbonyl (C=O) groups is 3. The topological polar surface area (TPSA) is 84.5 Å². The second-order valence-corrected chi connectivity index (χ2v) is 6.85. The maximum atomic E-state index is 12.4. The van der Waals surface area contributed by atoms with Gasteiger partial charge in [0.1, 0.15) is 5.75 Å². The fourth-order valence-electron chi connectivity index (χ4n) is 2.58. The van der Waals surface area contributed by atoms with Crippen LogP contribution in [0.15, 0.2) is 53.4 Å². The van der Waals surface area contributed by atoms with E-state index in [-0.39, 0.29) is 17.9 Å².